The molecule has 0 bridgehead atoms. The molecule has 2 aromatic rings. The molecule has 0 saturated carbocycles. The van der Waals surface area contributed by atoms with Crippen LogP contribution in [0.25, 0.3) is 5.69 Å². The molecule has 4 heteroatoms. The molecule has 1 aromatic heterocycles. The monoisotopic (exact) mass is 271 g/mol. The molecule has 20 heavy (non-hydrogen) atoms. The van der Waals surface area contributed by atoms with Gasteiger partial charge in [0.2, 0.25) is 0 Å². The Labute approximate surface area is 119 Å². The number of piperidine rings is 1. The highest BCUT2D eigenvalue weighted by Crippen LogP contribution is 2.29. The molecule has 1 N–H and O–H groups in total. The lowest BCUT2D eigenvalue weighted by Gasteiger charge is -2.24. The van der Waals surface area contributed by atoms with Gasteiger partial charge >= 0.3 is 0 Å². The normalized spacial score (nSPS) is 16.3. The third-order valence-electron chi connectivity index (χ3n) is 4.09. The predicted octanol–water partition coefficient (Wildman–Crippen LogP) is 2.66. The van der Waals surface area contributed by atoms with Gasteiger partial charge in [-0.25, -0.2) is 4.98 Å². The van der Waals surface area contributed by atoms with Gasteiger partial charge < -0.3 is 14.6 Å². The van der Waals surface area contributed by atoms with Gasteiger partial charge in [-0.05, 0) is 56.6 Å². The Morgan fingerprint density at radius 3 is 2.80 bits per heavy atom. The highest BCUT2D eigenvalue weighted by molar-refractivity contribution is 5.46. The second kappa shape index (κ2) is 5.67. The third kappa shape index (κ3) is 2.43. The lowest BCUT2D eigenvalue weighted by atomic mass is 9.94. The number of hydrogen-bond donors (Lipinski definition) is 1. The van der Waals surface area contributed by atoms with Crippen molar-refractivity contribution in [2.24, 2.45) is 0 Å². The Hall–Kier alpha value is -1.81. The van der Waals surface area contributed by atoms with E-state index in [1.54, 1.807) is 7.11 Å². The maximum Gasteiger partial charge on any atom is 0.119 e. The summed E-state index contributed by atoms with van der Waals surface area (Å²) < 4.78 is 7.51. The van der Waals surface area contributed by atoms with Crippen LogP contribution in [0.4, 0.5) is 0 Å². The topological polar surface area (TPSA) is 39.1 Å². The number of rotatable bonds is 3. The van der Waals surface area contributed by atoms with Crippen molar-refractivity contribution in [2.75, 3.05) is 20.2 Å². The summed E-state index contributed by atoms with van der Waals surface area (Å²) in [6.45, 7) is 4.30. The van der Waals surface area contributed by atoms with Gasteiger partial charge in [0, 0.05) is 23.5 Å². The van der Waals surface area contributed by atoms with E-state index in [1.165, 1.54) is 29.8 Å². The van der Waals surface area contributed by atoms with Gasteiger partial charge in [-0.1, -0.05) is 0 Å². The molecule has 1 aliphatic heterocycles. The van der Waals surface area contributed by atoms with E-state index in [1.807, 2.05) is 18.6 Å². The van der Waals surface area contributed by atoms with Crippen LogP contribution in [0.1, 0.15) is 30.0 Å². The Kier molecular flexibility index (Phi) is 3.74. The molecule has 2 heterocycles. The van der Waals surface area contributed by atoms with Crippen LogP contribution >= 0.6 is 0 Å². The standard InChI is InChI=1S/C16H21N3O/c1-12-9-14(20-2)3-4-15(12)19-11-18-10-16(19)13-5-7-17-8-6-13/h3-4,9-11,13,17H,5-8H2,1-2H3. The van der Waals surface area contributed by atoms with Crippen LogP contribution in [0, 0.1) is 6.92 Å². The molecule has 0 amide bonds. The molecule has 106 valence electrons. The number of imidazole rings is 1. The minimum atomic E-state index is 0.597. The number of methoxy groups -OCH3 is 1. The quantitative estimate of drug-likeness (QED) is 0.933. The van der Waals surface area contributed by atoms with Crippen molar-refractivity contribution >= 4 is 0 Å². The van der Waals surface area contributed by atoms with E-state index >= 15 is 0 Å². The second-order valence-corrected chi connectivity index (χ2v) is 5.37. The number of nitrogens with one attached hydrogen (secondary N) is 1. The fourth-order valence-corrected chi connectivity index (χ4v) is 2.95. The van der Waals surface area contributed by atoms with Crippen molar-refractivity contribution in [2.45, 2.75) is 25.7 Å². The van der Waals surface area contributed by atoms with Crippen molar-refractivity contribution in [1.29, 1.82) is 0 Å². The van der Waals surface area contributed by atoms with Crippen LogP contribution in [-0.2, 0) is 0 Å². The molecule has 0 unspecified atom stereocenters. The van der Waals surface area contributed by atoms with Crippen molar-refractivity contribution in [3.8, 4) is 11.4 Å². The summed E-state index contributed by atoms with van der Waals surface area (Å²) in [5.41, 5.74) is 3.72. The molecule has 0 radical (unpaired) electrons. The number of benzene rings is 1. The van der Waals surface area contributed by atoms with Gasteiger partial charge in [-0.15, -0.1) is 0 Å². The molecule has 1 fully saturated rings. The first kappa shape index (κ1) is 13.2. The first-order valence-corrected chi connectivity index (χ1v) is 7.17. The number of hydrogen-bond acceptors (Lipinski definition) is 3. The minimum Gasteiger partial charge on any atom is -0.497 e. The van der Waals surface area contributed by atoms with Gasteiger partial charge in [-0.3, -0.25) is 0 Å². The molecule has 3 rings (SSSR count). The Bertz CT molecular complexity index is 585. The summed E-state index contributed by atoms with van der Waals surface area (Å²) in [5, 5.41) is 3.42. The summed E-state index contributed by atoms with van der Waals surface area (Å²) in [7, 11) is 1.70. The van der Waals surface area contributed by atoms with Crippen molar-refractivity contribution < 1.29 is 4.74 Å². The van der Waals surface area contributed by atoms with Crippen molar-refractivity contribution in [3.63, 3.8) is 0 Å². The first-order chi connectivity index (χ1) is 9.79. The third-order valence-corrected chi connectivity index (χ3v) is 4.09. The van der Waals surface area contributed by atoms with Crippen LogP contribution in [0.5, 0.6) is 5.75 Å². The van der Waals surface area contributed by atoms with E-state index in [2.05, 4.69) is 33.9 Å². The van der Waals surface area contributed by atoms with Gasteiger partial charge in [0.15, 0.2) is 0 Å². The molecule has 0 aliphatic carbocycles. The second-order valence-electron chi connectivity index (χ2n) is 5.37. The summed E-state index contributed by atoms with van der Waals surface area (Å²) in [6.07, 6.45) is 6.30. The molecule has 0 atom stereocenters. The highest BCUT2D eigenvalue weighted by Gasteiger charge is 2.19. The molecule has 1 aliphatic rings. The van der Waals surface area contributed by atoms with E-state index in [4.69, 9.17) is 4.74 Å². The fourth-order valence-electron chi connectivity index (χ4n) is 2.95. The van der Waals surface area contributed by atoms with Crippen LogP contribution in [0.3, 0.4) is 0 Å². The number of aromatic nitrogens is 2. The Balaban J connectivity index is 1.96. The lowest BCUT2D eigenvalue weighted by Crippen LogP contribution is -2.27. The van der Waals surface area contributed by atoms with Gasteiger partial charge in [0.1, 0.15) is 5.75 Å². The van der Waals surface area contributed by atoms with E-state index in [0.717, 1.165) is 18.8 Å². The number of aryl methyl sites for hydroxylation is 1. The van der Waals surface area contributed by atoms with Crippen molar-refractivity contribution in [3.05, 3.63) is 42.0 Å². The Morgan fingerprint density at radius 2 is 2.10 bits per heavy atom. The average Bonchev–Trinajstić information content (AvgIpc) is 2.97. The maximum atomic E-state index is 5.28. The summed E-state index contributed by atoms with van der Waals surface area (Å²) >= 11 is 0. The van der Waals surface area contributed by atoms with Crippen LogP contribution in [-0.4, -0.2) is 29.8 Å². The van der Waals surface area contributed by atoms with Gasteiger partial charge in [0.05, 0.1) is 13.4 Å². The maximum absolute atomic E-state index is 5.28. The average molecular weight is 271 g/mol. The van der Waals surface area contributed by atoms with E-state index in [-0.39, 0.29) is 0 Å². The SMILES string of the molecule is COc1ccc(-n2cncc2C2CCNCC2)c(C)c1. The zero-order valence-corrected chi connectivity index (χ0v) is 12.1. The molecule has 4 nitrogen and oxygen atoms in total. The summed E-state index contributed by atoms with van der Waals surface area (Å²) in [4.78, 5) is 4.37. The number of nitrogens with zero attached hydrogens (tertiary/aromatic N) is 2. The largest absolute Gasteiger partial charge is 0.497 e. The Morgan fingerprint density at radius 1 is 1.30 bits per heavy atom. The molecule has 1 saturated heterocycles. The predicted molar refractivity (Wildman–Crippen MR) is 79.7 cm³/mol. The molecule has 0 spiro atoms. The first-order valence-electron chi connectivity index (χ1n) is 7.17. The molecular formula is C16H21N3O. The smallest absolute Gasteiger partial charge is 0.119 e. The van der Waals surface area contributed by atoms with E-state index in [0.29, 0.717) is 5.92 Å². The van der Waals surface area contributed by atoms with Crippen molar-refractivity contribution in [1.82, 2.24) is 14.9 Å². The minimum absolute atomic E-state index is 0.597. The van der Waals surface area contributed by atoms with Gasteiger partial charge in [0.25, 0.3) is 0 Å². The van der Waals surface area contributed by atoms with E-state index < -0.39 is 0 Å². The van der Waals surface area contributed by atoms with Gasteiger partial charge in [-0.2, -0.15) is 0 Å². The zero-order chi connectivity index (χ0) is 13.9. The number of ether oxygens (including phenoxy) is 1. The van der Waals surface area contributed by atoms with Crippen LogP contribution in [0.2, 0.25) is 0 Å². The highest BCUT2D eigenvalue weighted by atomic mass is 16.5. The van der Waals surface area contributed by atoms with Crippen LogP contribution < -0.4 is 10.1 Å². The molecule has 1 aromatic carbocycles. The lowest BCUT2D eigenvalue weighted by molar-refractivity contribution is 0.414. The zero-order valence-electron chi connectivity index (χ0n) is 12.1. The summed E-state index contributed by atoms with van der Waals surface area (Å²) in [6, 6.07) is 6.19. The van der Waals surface area contributed by atoms with E-state index in [9.17, 15) is 0 Å². The molecular weight excluding hydrogens is 250 g/mol. The van der Waals surface area contributed by atoms with Crippen LogP contribution in [0.15, 0.2) is 30.7 Å². The fraction of sp³-hybridized carbons (Fsp3) is 0.438. The summed E-state index contributed by atoms with van der Waals surface area (Å²) in [5.74, 6) is 1.50.